The second kappa shape index (κ2) is 7.14. The predicted molar refractivity (Wildman–Crippen MR) is 95.2 cm³/mol. The van der Waals surface area contributed by atoms with Crippen LogP contribution in [0.4, 0.5) is 5.95 Å². The van der Waals surface area contributed by atoms with E-state index in [4.69, 9.17) is 4.42 Å². The molecule has 1 amide bonds. The van der Waals surface area contributed by atoms with Gasteiger partial charge in [0.25, 0.3) is 0 Å². The zero-order valence-electron chi connectivity index (χ0n) is 13.8. The van der Waals surface area contributed by atoms with Gasteiger partial charge in [0.1, 0.15) is 11.2 Å². The average Bonchev–Trinajstić information content (AvgIpc) is 3.29. The lowest BCUT2D eigenvalue weighted by Gasteiger charge is -1.99. The first-order valence-electron chi connectivity index (χ1n) is 8.26. The van der Waals surface area contributed by atoms with E-state index in [-0.39, 0.29) is 11.9 Å². The molecule has 0 fully saturated rings. The molecular formula is C18H16N6O2. The molecule has 0 aliphatic heterocycles. The SMILES string of the molecule is O=C(CCCc1nc2ccccc2o1)Nc1n[nH]c(-c2ccccn2)n1. The van der Waals surface area contributed by atoms with Crippen molar-refractivity contribution < 1.29 is 9.21 Å². The number of amides is 1. The third-order valence-electron chi connectivity index (χ3n) is 3.78. The molecule has 0 aliphatic rings. The Kier molecular flexibility index (Phi) is 4.38. The van der Waals surface area contributed by atoms with Crippen LogP contribution < -0.4 is 5.32 Å². The minimum atomic E-state index is -0.160. The Morgan fingerprint density at radius 1 is 1.12 bits per heavy atom. The number of nitrogens with one attached hydrogen (secondary N) is 2. The number of para-hydroxylation sites is 2. The fourth-order valence-electron chi connectivity index (χ4n) is 2.55. The number of H-pyrrole nitrogens is 1. The summed E-state index contributed by atoms with van der Waals surface area (Å²) >= 11 is 0. The summed E-state index contributed by atoms with van der Waals surface area (Å²) in [7, 11) is 0. The Labute approximate surface area is 148 Å². The highest BCUT2D eigenvalue weighted by molar-refractivity contribution is 5.89. The van der Waals surface area contributed by atoms with E-state index in [1.54, 1.807) is 6.20 Å². The number of aryl methyl sites for hydroxylation is 1. The molecule has 2 N–H and O–H groups in total. The number of oxazole rings is 1. The molecule has 26 heavy (non-hydrogen) atoms. The number of hydrogen-bond donors (Lipinski definition) is 2. The van der Waals surface area contributed by atoms with Crippen molar-refractivity contribution in [1.82, 2.24) is 25.1 Å². The smallest absolute Gasteiger partial charge is 0.249 e. The first-order chi connectivity index (χ1) is 12.8. The molecule has 8 heteroatoms. The largest absolute Gasteiger partial charge is 0.441 e. The Morgan fingerprint density at radius 3 is 2.85 bits per heavy atom. The maximum atomic E-state index is 12.0. The Balaban J connectivity index is 1.29. The van der Waals surface area contributed by atoms with Crippen LogP contribution in [-0.2, 0) is 11.2 Å². The highest BCUT2D eigenvalue weighted by atomic mass is 16.3. The lowest BCUT2D eigenvalue weighted by atomic mass is 10.2. The number of aromatic nitrogens is 5. The summed E-state index contributed by atoms with van der Waals surface area (Å²) in [5.74, 6) is 1.21. The molecule has 0 aliphatic carbocycles. The van der Waals surface area contributed by atoms with Crippen LogP contribution in [0.15, 0.2) is 53.1 Å². The van der Waals surface area contributed by atoms with Gasteiger partial charge in [0, 0.05) is 19.0 Å². The number of fused-ring (bicyclic) bond motifs is 1. The number of benzene rings is 1. The van der Waals surface area contributed by atoms with Crippen LogP contribution in [0.25, 0.3) is 22.6 Å². The number of anilines is 1. The fourth-order valence-corrected chi connectivity index (χ4v) is 2.55. The Bertz CT molecular complexity index is 991. The molecule has 0 unspecified atom stereocenters. The summed E-state index contributed by atoms with van der Waals surface area (Å²) in [4.78, 5) is 24.8. The average molecular weight is 348 g/mol. The van der Waals surface area contributed by atoms with Crippen LogP contribution in [0.2, 0.25) is 0 Å². The summed E-state index contributed by atoms with van der Waals surface area (Å²) in [6.45, 7) is 0. The molecule has 0 saturated heterocycles. The quantitative estimate of drug-likeness (QED) is 0.554. The second-order valence-electron chi connectivity index (χ2n) is 5.70. The molecule has 0 spiro atoms. The summed E-state index contributed by atoms with van der Waals surface area (Å²) < 4.78 is 5.64. The van der Waals surface area contributed by atoms with Gasteiger partial charge in [-0.2, -0.15) is 4.98 Å². The molecule has 0 radical (unpaired) electrons. The third-order valence-corrected chi connectivity index (χ3v) is 3.78. The van der Waals surface area contributed by atoms with Gasteiger partial charge in [0.05, 0.1) is 0 Å². The van der Waals surface area contributed by atoms with Gasteiger partial charge in [-0.1, -0.05) is 18.2 Å². The normalized spacial score (nSPS) is 10.9. The summed E-state index contributed by atoms with van der Waals surface area (Å²) in [5.41, 5.74) is 2.25. The minimum Gasteiger partial charge on any atom is -0.441 e. The van der Waals surface area contributed by atoms with E-state index in [9.17, 15) is 4.79 Å². The van der Waals surface area contributed by atoms with Crippen molar-refractivity contribution in [3.63, 3.8) is 0 Å². The number of hydrogen-bond acceptors (Lipinski definition) is 6. The van der Waals surface area contributed by atoms with E-state index in [1.165, 1.54) is 0 Å². The molecule has 0 saturated carbocycles. The maximum Gasteiger partial charge on any atom is 0.249 e. The first kappa shape index (κ1) is 15.9. The molecule has 0 bridgehead atoms. The van der Waals surface area contributed by atoms with Crippen molar-refractivity contribution in [2.75, 3.05) is 5.32 Å². The third kappa shape index (κ3) is 3.59. The van der Waals surface area contributed by atoms with Gasteiger partial charge in [0.2, 0.25) is 11.9 Å². The summed E-state index contributed by atoms with van der Waals surface area (Å²) in [5, 5.41) is 9.42. The molecule has 4 rings (SSSR count). The maximum absolute atomic E-state index is 12.0. The lowest BCUT2D eigenvalue weighted by molar-refractivity contribution is -0.116. The van der Waals surface area contributed by atoms with E-state index in [0.29, 0.717) is 36.7 Å². The zero-order chi connectivity index (χ0) is 17.8. The van der Waals surface area contributed by atoms with Gasteiger partial charge in [-0.05, 0) is 30.7 Å². The molecule has 130 valence electrons. The van der Waals surface area contributed by atoms with Crippen LogP contribution in [0, 0.1) is 0 Å². The van der Waals surface area contributed by atoms with E-state index >= 15 is 0 Å². The molecule has 4 aromatic rings. The number of carbonyl (C=O) groups excluding carboxylic acids is 1. The number of nitrogens with zero attached hydrogens (tertiary/aromatic N) is 4. The van der Waals surface area contributed by atoms with E-state index < -0.39 is 0 Å². The van der Waals surface area contributed by atoms with Crippen LogP contribution in [-0.4, -0.2) is 31.1 Å². The summed E-state index contributed by atoms with van der Waals surface area (Å²) in [6, 6.07) is 13.1. The van der Waals surface area contributed by atoms with E-state index in [1.807, 2.05) is 42.5 Å². The monoisotopic (exact) mass is 348 g/mol. The van der Waals surface area contributed by atoms with Crippen LogP contribution in [0.3, 0.4) is 0 Å². The summed E-state index contributed by atoms with van der Waals surface area (Å²) in [6.07, 6.45) is 3.21. The Hall–Kier alpha value is -3.55. The first-order valence-corrected chi connectivity index (χ1v) is 8.26. The van der Waals surface area contributed by atoms with Crippen LogP contribution in [0.5, 0.6) is 0 Å². The van der Waals surface area contributed by atoms with Gasteiger partial charge in [0.15, 0.2) is 17.3 Å². The Morgan fingerprint density at radius 2 is 2.00 bits per heavy atom. The van der Waals surface area contributed by atoms with Gasteiger partial charge >= 0.3 is 0 Å². The van der Waals surface area contributed by atoms with Crippen LogP contribution >= 0.6 is 0 Å². The minimum absolute atomic E-state index is 0.160. The molecule has 3 heterocycles. The lowest BCUT2D eigenvalue weighted by Crippen LogP contribution is -2.12. The molecule has 3 aromatic heterocycles. The molecule has 0 atom stereocenters. The van der Waals surface area contributed by atoms with Crippen LogP contribution in [0.1, 0.15) is 18.7 Å². The van der Waals surface area contributed by atoms with Crippen molar-refractivity contribution in [2.24, 2.45) is 0 Å². The zero-order valence-corrected chi connectivity index (χ0v) is 13.8. The van der Waals surface area contributed by atoms with Gasteiger partial charge in [-0.15, -0.1) is 5.10 Å². The van der Waals surface area contributed by atoms with E-state index in [0.717, 1.165) is 11.1 Å². The standard InChI is InChI=1S/C18H16N6O2/c25-15(9-5-10-16-20-12-6-1-2-8-14(12)26-16)21-18-22-17(23-24-18)13-7-3-4-11-19-13/h1-4,6-8,11H,5,9-10H2,(H2,21,22,23,24,25). The van der Waals surface area contributed by atoms with Gasteiger partial charge < -0.3 is 4.42 Å². The number of aromatic amines is 1. The molecule has 8 nitrogen and oxygen atoms in total. The van der Waals surface area contributed by atoms with Crippen molar-refractivity contribution in [3.8, 4) is 11.5 Å². The fraction of sp³-hybridized carbons (Fsp3) is 0.167. The topological polar surface area (TPSA) is 110 Å². The second-order valence-corrected chi connectivity index (χ2v) is 5.70. The number of pyridine rings is 1. The molecular weight excluding hydrogens is 332 g/mol. The van der Waals surface area contributed by atoms with Crippen molar-refractivity contribution in [1.29, 1.82) is 0 Å². The van der Waals surface area contributed by atoms with Crippen molar-refractivity contribution in [3.05, 3.63) is 54.6 Å². The van der Waals surface area contributed by atoms with Gasteiger partial charge in [-0.25, -0.2) is 4.98 Å². The van der Waals surface area contributed by atoms with Crippen molar-refractivity contribution >= 4 is 23.0 Å². The molecule has 1 aromatic carbocycles. The highest BCUT2D eigenvalue weighted by Gasteiger charge is 2.11. The van der Waals surface area contributed by atoms with Gasteiger partial charge in [-0.3, -0.25) is 20.2 Å². The highest BCUT2D eigenvalue weighted by Crippen LogP contribution is 2.16. The van der Waals surface area contributed by atoms with Crippen molar-refractivity contribution in [2.45, 2.75) is 19.3 Å². The van der Waals surface area contributed by atoms with E-state index in [2.05, 4.69) is 30.5 Å². The number of rotatable bonds is 6. The predicted octanol–water partition coefficient (Wildman–Crippen LogP) is 2.97. The number of carbonyl (C=O) groups is 1.